The molecule has 110 valence electrons. The summed E-state index contributed by atoms with van der Waals surface area (Å²) in [6.45, 7) is 4.56. The largest absolute Gasteiger partial charge is 0.337 e. The van der Waals surface area contributed by atoms with Crippen LogP contribution in [-0.4, -0.2) is 36.5 Å². The van der Waals surface area contributed by atoms with Gasteiger partial charge in [-0.05, 0) is 60.4 Å². The second-order valence-corrected chi connectivity index (χ2v) is 6.41. The number of carbonyl (C=O) groups is 1. The highest BCUT2D eigenvalue weighted by Crippen LogP contribution is 2.23. The van der Waals surface area contributed by atoms with Gasteiger partial charge in [0.05, 0.1) is 5.56 Å². The summed E-state index contributed by atoms with van der Waals surface area (Å²) in [5.74, 6) is 0.0587. The topological polar surface area (TPSA) is 32.3 Å². The van der Waals surface area contributed by atoms with Crippen LogP contribution in [0.4, 0.5) is 0 Å². The fourth-order valence-corrected chi connectivity index (χ4v) is 3.39. The first-order chi connectivity index (χ1) is 9.61. The van der Waals surface area contributed by atoms with Crippen LogP contribution >= 0.6 is 27.5 Å². The Kier molecular flexibility index (Phi) is 5.87. The van der Waals surface area contributed by atoms with E-state index < -0.39 is 0 Å². The molecular weight excluding hydrogens is 340 g/mol. The lowest BCUT2D eigenvalue weighted by Gasteiger charge is -2.30. The number of piperidine rings is 1. The summed E-state index contributed by atoms with van der Waals surface area (Å²) in [5, 5.41) is 4.12. The smallest absolute Gasteiger partial charge is 0.255 e. The summed E-state index contributed by atoms with van der Waals surface area (Å²) in [6.07, 6.45) is 3.62. The lowest BCUT2D eigenvalue weighted by Crippen LogP contribution is -2.45. The number of likely N-dealkylation sites (N-methyl/N-ethyl adjacent to an activating group) is 1. The number of hydrogen-bond acceptors (Lipinski definition) is 2. The zero-order chi connectivity index (χ0) is 14.5. The van der Waals surface area contributed by atoms with E-state index in [2.05, 4.69) is 21.2 Å². The van der Waals surface area contributed by atoms with Crippen LogP contribution in [0.5, 0.6) is 0 Å². The van der Waals surface area contributed by atoms with Gasteiger partial charge in [-0.2, -0.15) is 0 Å². The maximum Gasteiger partial charge on any atom is 0.255 e. The minimum Gasteiger partial charge on any atom is -0.337 e. The van der Waals surface area contributed by atoms with E-state index in [4.69, 9.17) is 11.6 Å². The molecule has 2 rings (SSSR count). The van der Waals surface area contributed by atoms with Gasteiger partial charge in [0.15, 0.2) is 0 Å². The quantitative estimate of drug-likeness (QED) is 0.889. The van der Waals surface area contributed by atoms with Crippen LogP contribution in [0, 0.1) is 0 Å². The molecule has 1 atom stereocenters. The number of rotatable bonds is 4. The van der Waals surface area contributed by atoms with Crippen LogP contribution < -0.4 is 5.32 Å². The molecular formula is C15H20BrClN2O. The second-order valence-electron chi connectivity index (χ2n) is 5.11. The van der Waals surface area contributed by atoms with E-state index in [1.165, 1.54) is 12.8 Å². The Bertz CT molecular complexity index is 475. The third-order valence-electron chi connectivity index (χ3n) is 3.68. The van der Waals surface area contributed by atoms with Gasteiger partial charge in [-0.15, -0.1) is 0 Å². The first-order valence-corrected chi connectivity index (χ1v) is 8.26. The maximum absolute atomic E-state index is 12.6. The molecule has 0 radical (unpaired) electrons. The lowest BCUT2D eigenvalue weighted by molar-refractivity contribution is 0.0740. The Labute approximate surface area is 133 Å². The van der Waals surface area contributed by atoms with Gasteiger partial charge in [0, 0.05) is 28.6 Å². The third kappa shape index (κ3) is 3.96. The van der Waals surface area contributed by atoms with Gasteiger partial charge in [0.25, 0.3) is 5.91 Å². The fraction of sp³-hybridized carbons (Fsp3) is 0.533. The highest BCUT2D eigenvalue weighted by atomic mass is 79.9. The summed E-state index contributed by atoms with van der Waals surface area (Å²) in [4.78, 5) is 14.5. The number of hydrogen-bond donors (Lipinski definition) is 1. The first-order valence-electron chi connectivity index (χ1n) is 7.09. The third-order valence-corrected chi connectivity index (χ3v) is 4.57. The Morgan fingerprint density at radius 2 is 2.30 bits per heavy atom. The molecule has 1 aliphatic heterocycles. The molecule has 0 bridgehead atoms. The van der Waals surface area contributed by atoms with Gasteiger partial charge in [-0.3, -0.25) is 4.79 Å². The molecule has 1 aromatic carbocycles. The fourth-order valence-electron chi connectivity index (χ4n) is 2.53. The van der Waals surface area contributed by atoms with E-state index >= 15 is 0 Å². The molecule has 0 spiro atoms. The predicted molar refractivity (Wildman–Crippen MR) is 86.4 cm³/mol. The van der Waals surface area contributed by atoms with Crippen molar-refractivity contribution in [3.05, 3.63) is 33.3 Å². The SMILES string of the molecule is CCN(CC1CCCCN1)C(=O)c1ccc(Cl)cc1Br. The van der Waals surface area contributed by atoms with Crippen molar-refractivity contribution in [2.24, 2.45) is 0 Å². The van der Waals surface area contributed by atoms with Crippen LogP contribution in [-0.2, 0) is 0 Å². The number of halogens is 2. The molecule has 1 aliphatic rings. The van der Waals surface area contributed by atoms with Gasteiger partial charge in [-0.25, -0.2) is 0 Å². The van der Waals surface area contributed by atoms with Crippen molar-refractivity contribution in [3.63, 3.8) is 0 Å². The molecule has 3 nitrogen and oxygen atoms in total. The first kappa shape index (κ1) is 15.8. The average molecular weight is 360 g/mol. The van der Waals surface area contributed by atoms with Gasteiger partial charge in [0.1, 0.15) is 0 Å². The van der Waals surface area contributed by atoms with Crippen LogP contribution in [0.3, 0.4) is 0 Å². The summed E-state index contributed by atoms with van der Waals surface area (Å²) >= 11 is 9.35. The van der Waals surface area contributed by atoms with Crippen molar-refractivity contribution in [2.75, 3.05) is 19.6 Å². The van der Waals surface area contributed by atoms with Crippen molar-refractivity contribution in [1.29, 1.82) is 0 Å². The second kappa shape index (κ2) is 7.43. The van der Waals surface area contributed by atoms with Gasteiger partial charge in [0.2, 0.25) is 0 Å². The van der Waals surface area contributed by atoms with Crippen molar-refractivity contribution in [1.82, 2.24) is 10.2 Å². The van der Waals surface area contributed by atoms with Crippen molar-refractivity contribution < 1.29 is 4.79 Å². The summed E-state index contributed by atoms with van der Waals surface area (Å²) in [5.41, 5.74) is 0.673. The molecule has 0 aromatic heterocycles. The van der Waals surface area contributed by atoms with Crippen molar-refractivity contribution in [3.8, 4) is 0 Å². The molecule has 0 saturated carbocycles. The Morgan fingerprint density at radius 3 is 2.90 bits per heavy atom. The van der Waals surface area contributed by atoms with Crippen LogP contribution in [0.2, 0.25) is 5.02 Å². The minimum absolute atomic E-state index is 0.0587. The van der Waals surface area contributed by atoms with Gasteiger partial charge in [-0.1, -0.05) is 18.0 Å². The zero-order valence-electron chi connectivity index (χ0n) is 11.7. The van der Waals surface area contributed by atoms with E-state index in [0.29, 0.717) is 23.2 Å². The Morgan fingerprint density at radius 1 is 1.50 bits per heavy atom. The highest BCUT2D eigenvalue weighted by Gasteiger charge is 2.21. The number of benzene rings is 1. The van der Waals surface area contributed by atoms with Crippen LogP contribution in [0.15, 0.2) is 22.7 Å². The highest BCUT2D eigenvalue weighted by molar-refractivity contribution is 9.10. The van der Waals surface area contributed by atoms with E-state index in [9.17, 15) is 4.79 Å². The molecule has 1 heterocycles. The van der Waals surface area contributed by atoms with E-state index in [1.54, 1.807) is 18.2 Å². The van der Waals surface area contributed by atoms with Gasteiger partial charge >= 0.3 is 0 Å². The normalized spacial score (nSPS) is 18.9. The molecule has 1 saturated heterocycles. The lowest BCUT2D eigenvalue weighted by atomic mass is 10.0. The molecule has 5 heteroatoms. The molecule has 0 aliphatic carbocycles. The van der Waals surface area contributed by atoms with E-state index in [0.717, 1.165) is 24.0 Å². The number of carbonyl (C=O) groups excluding carboxylic acids is 1. The van der Waals surface area contributed by atoms with Crippen molar-refractivity contribution >= 4 is 33.4 Å². The standard InChI is InChI=1S/C15H20BrClN2O/c1-2-19(10-12-5-3-4-8-18-12)15(20)13-7-6-11(17)9-14(13)16/h6-7,9,12,18H,2-5,8,10H2,1H3. The van der Waals surface area contributed by atoms with Crippen LogP contribution in [0.25, 0.3) is 0 Å². The molecule has 1 N–H and O–H groups in total. The number of nitrogens with one attached hydrogen (secondary N) is 1. The van der Waals surface area contributed by atoms with Crippen molar-refractivity contribution in [2.45, 2.75) is 32.2 Å². The van der Waals surface area contributed by atoms with E-state index in [-0.39, 0.29) is 5.91 Å². The Balaban J connectivity index is 2.07. The summed E-state index contributed by atoms with van der Waals surface area (Å²) < 4.78 is 0.755. The molecule has 1 unspecified atom stereocenters. The van der Waals surface area contributed by atoms with Gasteiger partial charge < -0.3 is 10.2 Å². The van der Waals surface area contributed by atoms with E-state index in [1.807, 2.05) is 11.8 Å². The van der Waals surface area contributed by atoms with Crippen LogP contribution in [0.1, 0.15) is 36.5 Å². The Hall–Kier alpha value is -0.580. The number of amides is 1. The summed E-state index contributed by atoms with van der Waals surface area (Å²) in [7, 11) is 0. The number of nitrogens with zero attached hydrogens (tertiary/aromatic N) is 1. The minimum atomic E-state index is 0.0587. The predicted octanol–water partition coefficient (Wildman–Crippen LogP) is 3.71. The molecule has 20 heavy (non-hydrogen) atoms. The summed E-state index contributed by atoms with van der Waals surface area (Å²) in [6, 6.07) is 5.72. The molecule has 1 amide bonds. The molecule has 1 fully saturated rings. The monoisotopic (exact) mass is 358 g/mol. The average Bonchev–Trinajstić information content (AvgIpc) is 2.45. The molecule has 1 aromatic rings. The maximum atomic E-state index is 12.6. The zero-order valence-corrected chi connectivity index (χ0v) is 14.0.